The Morgan fingerprint density at radius 1 is 1.30 bits per heavy atom. The molecule has 2 aromatic heterocycles. The summed E-state index contributed by atoms with van der Waals surface area (Å²) in [5, 5.41) is 0.762. The van der Waals surface area contributed by atoms with Crippen LogP contribution in [0.25, 0.3) is 11.0 Å². The Morgan fingerprint density at radius 3 is 2.96 bits per heavy atom. The second-order valence-corrected chi connectivity index (χ2v) is 5.18. The van der Waals surface area contributed by atoms with Crippen molar-refractivity contribution in [2.75, 3.05) is 7.11 Å². The van der Waals surface area contributed by atoms with Gasteiger partial charge in [-0.15, -0.1) is 0 Å². The van der Waals surface area contributed by atoms with Crippen LogP contribution in [-0.2, 0) is 4.74 Å². The number of nitrogens with zero attached hydrogens (tertiary/aromatic N) is 1. The first-order valence-electron chi connectivity index (χ1n) is 7.50. The van der Waals surface area contributed by atoms with Crippen molar-refractivity contribution in [2.24, 2.45) is 0 Å². The number of H-pyrrole nitrogens is 1. The summed E-state index contributed by atoms with van der Waals surface area (Å²) in [5.41, 5.74) is 2.10. The van der Waals surface area contributed by atoms with Crippen LogP contribution < -0.4 is 4.74 Å². The molecule has 0 saturated carbocycles. The molecule has 1 N–H and O–H groups in total. The molecule has 5 nitrogen and oxygen atoms in total. The van der Waals surface area contributed by atoms with Crippen LogP contribution in [0, 0.1) is 0 Å². The van der Waals surface area contributed by atoms with Gasteiger partial charge < -0.3 is 14.5 Å². The zero-order valence-corrected chi connectivity index (χ0v) is 13.1. The van der Waals surface area contributed by atoms with Crippen LogP contribution >= 0.6 is 0 Å². The molecule has 0 aliphatic carbocycles. The first kappa shape index (κ1) is 15.1. The third-order valence-corrected chi connectivity index (χ3v) is 3.77. The zero-order valence-electron chi connectivity index (χ0n) is 13.1. The fourth-order valence-electron chi connectivity index (χ4n) is 2.56. The minimum absolute atomic E-state index is 0.320. The SMILES string of the molecule is CCC(OC(=O)c1ccnc2[nH]ccc12)c1cccc(OC)c1. The summed E-state index contributed by atoms with van der Waals surface area (Å²) in [6, 6.07) is 11.1. The highest BCUT2D eigenvalue weighted by molar-refractivity contribution is 6.02. The van der Waals surface area contributed by atoms with Gasteiger partial charge >= 0.3 is 5.97 Å². The van der Waals surface area contributed by atoms with Gasteiger partial charge in [-0.25, -0.2) is 9.78 Å². The molecule has 1 atom stereocenters. The van der Waals surface area contributed by atoms with Gasteiger partial charge in [-0.05, 0) is 36.2 Å². The van der Waals surface area contributed by atoms with Crippen molar-refractivity contribution in [2.45, 2.75) is 19.4 Å². The number of esters is 1. The summed E-state index contributed by atoms with van der Waals surface area (Å²) in [5.74, 6) is 0.389. The van der Waals surface area contributed by atoms with E-state index in [0.717, 1.165) is 16.7 Å². The second-order valence-electron chi connectivity index (χ2n) is 5.18. The number of fused-ring (bicyclic) bond motifs is 1. The number of carbonyl (C=O) groups is 1. The van der Waals surface area contributed by atoms with Crippen molar-refractivity contribution in [1.29, 1.82) is 0 Å². The minimum atomic E-state index is -0.355. The average Bonchev–Trinajstić information content (AvgIpc) is 3.08. The molecule has 0 spiro atoms. The maximum Gasteiger partial charge on any atom is 0.339 e. The predicted molar refractivity (Wildman–Crippen MR) is 87.5 cm³/mol. The van der Waals surface area contributed by atoms with Crippen molar-refractivity contribution in [1.82, 2.24) is 9.97 Å². The highest BCUT2D eigenvalue weighted by Gasteiger charge is 2.19. The molecule has 23 heavy (non-hydrogen) atoms. The Labute approximate surface area is 134 Å². The van der Waals surface area contributed by atoms with E-state index in [1.54, 1.807) is 25.6 Å². The summed E-state index contributed by atoms with van der Waals surface area (Å²) in [6.07, 6.45) is 3.72. The van der Waals surface area contributed by atoms with Gasteiger partial charge in [0.05, 0.1) is 12.7 Å². The highest BCUT2D eigenvalue weighted by Crippen LogP contribution is 2.27. The standard InChI is InChI=1S/C18H18N2O3/c1-3-16(12-5-4-6-13(11-12)22-2)23-18(21)15-8-10-20-17-14(15)7-9-19-17/h4-11,16H,3H2,1-2H3,(H,19,20). The lowest BCUT2D eigenvalue weighted by Crippen LogP contribution is -2.11. The van der Waals surface area contributed by atoms with E-state index in [0.29, 0.717) is 17.6 Å². The van der Waals surface area contributed by atoms with Crippen LogP contribution in [-0.4, -0.2) is 23.0 Å². The second kappa shape index (κ2) is 6.52. The molecule has 0 amide bonds. The van der Waals surface area contributed by atoms with Crippen LogP contribution in [0.4, 0.5) is 0 Å². The largest absolute Gasteiger partial charge is 0.497 e. The quantitative estimate of drug-likeness (QED) is 0.726. The number of pyridine rings is 1. The molecule has 0 aliphatic rings. The van der Waals surface area contributed by atoms with Crippen LogP contribution in [0.5, 0.6) is 5.75 Å². The first-order valence-corrected chi connectivity index (χ1v) is 7.50. The lowest BCUT2D eigenvalue weighted by Gasteiger charge is -2.17. The number of hydrogen-bond donors (Lipinski definition) is 1. The monoisotopic (exact) mass is 310 g/mol. The average molecular weight is 310 g/mol. The fourth-order valence-corrected chi connectivity index (χ4v) is 2.56. The molecule has 0 fully saturated rings. The van der Waals surface area contributed by atoms with Gasteiger partial charge in [-0.2, -0.15) is 0 Å². The molecule has 0 bridgehead atoms. The number of methoxy groups -OCH3 is 1. The normalized spacial score (nSPS) is 12.1. The van der Waals surface area contributed by atoms with Gasteiger partial charge in [0, 0.05) is 17.8 Å². The van der Waals surface area contributed by atoms with Crippen molar-refractivity contribution in [3.63, 3.8) is 0 Å². The van der Waals surface area contributed by atoms with Crippen LogP contribution in [0.2, 0.25) is 0 Å². The summed E-state index contributed by atoms with van der Waals surface area (Å²) in [4.78, 5) is 19.7. The van der Waals surface area contributed by atoms with Gasteiger partial charge in [0.25, 0.3) is 0 Å². The third-order valence-electron chi connectivity index (χ3n) is 3.77. The molecule has 1 unspecified atom stereocenters. The number of nitrogens with one attached hydrogen (secondary N) is 1. The van der Waals surface area contributed by atoms with Crippen molar-refractivity contribution < 1.29 is 14.3 Å². The van der Waals surface area contributed by atoms with E-state index >= 15 is 0 Å². The lowest BCUT2D eigenvalue weighted by atomic mass is 10.1. The first-order chi connectivity index (χ1) is 11.2. The van der Waals surface area contributed by atoms with Gasteiger partial charge in [0.2, 0.25) is 0 Å². The maximum atomic E-state index is 12.6. The Hall–Kier alpha value is -2.82. The van der Waals surface area contributed by atoms with E-state index in [1.165, 1.54) is 0 Å². The number of benzene rings is 1. The van der Waals surface area contributed by atoms with Crippen LogP contribution in [0.15, 0.2) is 48.8 Å². The summed E-state index contributed by atoms with van der Waals surface area (Å²) in [7, 11) is 1.62. The molecule has 0 aliphatic heterocycles. The molecule has 5 heteroatoms. The molecule has 0 saturated heterocycles. The highest BCUT2D eigenvalue weighted by atomic mass is 16.5. The minimum Gasteiger partial charge on any atom is -0.497 e. The third kappa shape index (κ3) is 3.04. The Bertz CT molecular complexity index is 826. The van der Waals surface area contributed by atoms with E-state index in [1.807, 2.05) is 37.3 Å². The van der Waals surface area contributed by atoms with E-state index in [2.05, 4.69) is 9.97 Å². The summed E-state index contributed by atoms with van der Waals surface area (Å²) >= 11 is 0. The van der Waals surface area contributed by atoms with Gasteiger partial charge in [-0.1, -0.05) is 19.1 Å². The molecular formula is C18H18N2O3. The number of rotatable bonds is 5. The molecule has 118 valence electrons. The Kier molecular flexibility index (Phi) is 4.28. The van der Waals surface area contributed by atoms with Crippen molar-refractivity contribution >= 4 is 17.0 Å². The molecular weight excluding hydrogens is 292 g/mol. The Balaban J connectivity index is 1.86. The van der Waals surface area contributed by atoms with Crippen LogP contribution in [0.3, 0.4) is 0 Å². The summed E-state index contributed by atoms with van der Waals surface area (Å²) in [6.45, 7) is 1.98. The van der Waals surface area contributed by atoms with E-state index in [9.17, 15) is 4.79 Å². The van der Waals surface area contributed by atoms with Gasteiger partial charge in [0.15, 0.2) is 0 Å². The van der Waals surface area contributed by atoms with Crippen molar-refractivity contribution in [3.05, 3.63) is 59.9 Å². The Morgan fingerprint density at radius 2 is 2.17 bits per heavy atom. The van der Waals surface area contributed by atoms with Crippen molar-refractivity contribution in [3.8, 4) is 5.75 Å². The zero-order chi connectivity index (χ0) is 16.2. The van der Waals surface area contributed by atoms with E-state index in [4.69, 9.17) is 9.47 Å². The van der Waals surface area contributed by atoms with E-state index in [-0.39, 0.29) is 12.1 Å². The molecule has 2 heterocycles. The van der Waals surface area contributed by atoms with Gasteiger partial charge in [-0.3, -0.25) is 0 Å². The lowest BCUT2D eigenvalue weighted by molar-refractivity contribution is 0.0289. The van der Waals surface area contributed by atoms with E-state index < -0.39 is 0 Å². The molecule has 3 rings (SSSR count). The number of carbonyl (C=O) groups excluding carboxylic acids is 1. The number of aromatic amines is 1. The topological polar surface area (TPSA) is 64.2 Å². The number of hydrogen-bond acceptors (Lipinski definition) is 4. The fraction of sp³-hybridized carbons (Fsp3) is 0.222. The molecule has 1 aromatic carbocycles. The maximum absolute atomic E-state index is 12.6. The van der Waals surface area contributed by atoms with Crippen LogP contribution in [0.1, 0.15) is 35.4 Å². The predicted octanol–water partition coefficient (Wildman–Crippen LogP) is 3.88. The smallest absolute Gasteiger partial charge is 0.339 e. The number of ether oxygens (including phenoxy) is 2. The molecule has 0 radical (unpaired) electrons. The summed E-state index contributed by atoms with van der Waals surface area (Å²) < 4.78 is 10.9. The van der Waals surface area contributed by atoms with Gasteiger partial charge in [0.1, 0.15) is 17.5 Å². The molecule has 3 aromatic rings. The number of aromatic nitrogens is 2.